The second kappa shape index (κ2) is 5.45. The van der Waals surface area contributed by atoms with Crippen molar-refractivity contribution < 1.29 is 14.0 Å². The summed E-state index contributed by atoms with van der Waals surface area (Å²) < 4.78 is 13.1. The van der Waals surface area contributed by atoms with Gasteiger partial charge in [0.05, 0.1) is 11.0 Å². The number of hydrogen-bond donors (Lipinski definition) is 3. The van der Waals surface area contributed by atoms with Gasteiger partial charge in [0.15, 0.2) is 0 Å². The monoisotopic (exact) mass is 289 g/mol. The van der Waals surface area contributed by atoms with E-state index >= 15 is 0 Å². The van der Waals surface area contributed by atoms with Crippen LogP contribution in [0.15, 0.2) is 22.7 Å². The lowest BCUT2D eigenvalue weighted by atomic mass is 10.3. The van der Waals surface area contributed by atoms with Crippen LogP contribution < -0.4 is 16.4 Å². The second-order valence-corrected chi connectivity index (χ2v) is 3.75. The van der Waals surface area contributed by atoms with Crippen molar-refractivity contribution in [3.05, 3.63) is 28.5 Å². The van der Waals surface area contributed by atoms with Crippen LogP contribution in [0.5, 0.6) is 0 Å². The second-order valence-electron chi connectivity index (χ2n) is 2.89. The number of halogens is 2. The van der Waals surface area contributed by atoms with Gasteiger partial charge in [-0.25, -0.2) is 9.18 Å². The molecule has 5 nitrogen and oxygen atoms in total. The number of carbonyl (C=O) groups excluding carboxylic acids is 2. The van der Waals surface area contributed by atoms with Gasteiger partial charge < -0.3 is 11.1 Å². The van der Waals surface area contributed by atoms with Gasteiger partial charge in [-0.3, -0.25) is 10.1 Å². The lowest BCUT2D eigenvalue weighted by Gasteiger charge is -2.06. The highest BCUT2D eigenvalue weighted by atomic mass is 79.9. The standard InChI is InChI=1S/C9H9BrFN3O2/c10-6-3-5(1-2-7(6)11)13-4-8(15)14-9(12)16/h1-3,13H,4H2,(H3,12,14,15,16). The van der Waals surface area contributed by atoms with E-state index in [4.69, 9.17) is 5.73 Å². The fourth-order valence-electron chi connectivity index (χ4n) is 0.970. The van der Waals surface area contributed by atoms with Crippen molar-refractivity contribution in [2.45, 2.75) is 0 Å². The van der Waals surface area contributed by atoms with Gasteiger partial charge in [-0.1, -0.05) is 0 Å². The van der Waals surface area contributed by atoms with E-state index in [0.29, 0.717) is 5.69 Å². The maximum absolute atomic E-state index is 12.9. The predicted molar refractivity (Wildman–Crippen MR) is 60.3 cm³/mol. The van der Waals surface area contributed by atoms with Crippen LogP contribution in [0.3, 0.4) is 0 Å². The Morgan fingerprint density at radius 2 is 2.12 bits per heavy atom. The van der Waals surface area contributed by atoms with Crippen molar-refractivity contribution in [2.75, 3.05) is 11.9 Å². The Balaban J connectivity index is 2.51. The minimum absolute atomic E-state index is 0.124. The molecule has 0 aromatic heterocycles. The summed E-state index contributed by atoms with van der Waals surface area (Å²) in [5.41, 5.74) is 5.30. The summed E-state index contributed by atoms with van der Waals surface area (Å²) in [5, 5.41) is 4.59. The molecular formula is C9H9BrFN3O2. The lowest BCUT2D eigenvalue weighted by molar-refractivity contribution is -0.118. The summed E-state index contributed by atoms with van der Waals surface area (Å²) in [6, 6.07) is 3.29. The lowest BCUT2D eigenvalue weighted by Crippen LogP contribution is -2.38. The number of anilines is 1. The molecule has 0 aliphatic heterocycles. The molecule has 0 bridgehead atoms. The van der Waals surface area contributed by atoms with Crippen LogP contribution in [0.4, 0.5) is 14.9 Å². The Morgan fingerprint density at radius 3 is 2.69 bits per heavy atom. The zero-order chi connectivity index (χ0) is 12.1. The first kappa shape index (κ1) is 12.4. The number of rotatable bonds is 3. The molecule has 86 valence electrons. The fraction of sp³-hybridized carbons (Fsp3) is 0.111. The van der Waals surface area contributed by atoms with Gasteiger partial charge in [-0.15, -0.1) is 0 Å². The topological polar surface area (TPSA) is 84.2 Å². The summed E-state index contributed by atoms with van der Waals surface area (Å²) in [6.07, 6.45) is 0. The molecule has 7 heteroatoms. The molecule has 0 aliphatic carbocycles. The van der Waals surface area contributed by atoms with Gasteiger partial charge in [-0.2, -0.15) is 0 Å². The van der Waals surface area contributed by atoms with Crippen molar-refractivity contribution in [1.29, 1.82) is 0 Å². The molecule has 1 aromatic rings. The molecule has 4 N–H and O–H groups in total. The normalized spacial score (nSPS) is 9.62. The number of hydrogen-bond acceptors (Lipinski definition) is 3. The van der Waals surface area contributed by atoms with E-state index in [2.05, 4.69) is 21.2 Å². The average Bonchev–Trinajstić information content (AvgIpc) is 2.19. The van der Waals surface area contributed by atoms with Crippen LogP contribution in [0.1, 0.15) is 0 Å². The zero-order valence-electron chi connectivity index (χ0n) is 8.09. The quantitative estimate of drug-likeness (QED) is 0.782. The summed E-state index contributed by atoms with van der Waals surface area (Å²) in [7, 11) is 0. The Kier molecular flexibility index (Phi) is 4.24. The number of amides is 3. The molecule has 0 spiro atoms. The highest BCUT2D eigenvalue weighted by molar-refractivity contribution is 9.10. The van der Waals surface area contributed by atoms with E-state index in [0.717, 1.165) is 0 Å². The number of imide groups is 1. The van der Waals surface area contributed by atoms with Gasteiger partial charge in [0.2, 0.25) is 5.91 Å². The molecule has 1 aromatic carbocycles. The Bertz CT molecular complexity index is 425. The Morgan fingerprint density at radius 1 is 1.44 bits per heavy atom. The highest BCUT2D eigenvalue weighted by Gasteiger charge is 2.04. The summed E-state index contributed by atoms with van der Waals surface area (Å²) in [4.78, 5) is 21.3. The van der Waals surface area contributed by atoms with Crippen LogP contribution in [0.2, 0.25) is 0 Å². The maximum atomic E-state index is 12.9. The molecule has 0 saturated carbocycles. The van der Waals surface area contributed by atoms with Crippen LogP contribution in [0.25, 0.3) is 0 Å². The number of urea groups is 1. The van der Waals surface area contributed by atoms with E-state index < -0.39 is 17.8 Å². The summed E-state index contributed by atoms with van der Waals surface area (Å²) in [6.45, 7) is -0.124. The molecule has 16 heavy (non-hydrogen) atoms. The SMILES string of the molecule is NC(=O)NC(=O)CNc1ccc(F)c(Br)c1. The molecule has 3 amide bonds. The highest BCUT2D eigenvalue weighted by Crippen LogP contribution is 2.19. The van der Waals surface area contributed by atoms with E-state index in [1.165, 1.54) is 18.2 Å². The minimum atomic E-state index is -0.910. The van der Waals surface area contributed by atoms with Crippen LogP contribution in [0, 0.1) is 5.82 Å². The molecule has 0 unspecified atom stereocenters. The minimum Gasteiger partial charge on any atom is -0.376 e. The molecule has 1 rings (SSSR count). The molecular weight excluding hydrogens is 281 g/mol. The number of nitrogens with two attached hydrogens (primary N) is 1. The number of nitrogens with one attached hydrogen (secondary N) is 2. The van der Waals surface area contributed by atoms with E-state index in [-0.39, 0.29) is 11.0 Å². The largest absolute Gasteiger partial charge is 0.376 e. The van der Waals surface area contributed by atoms with Crippen molar-refractivity contribution in [3.8, 4) is 0 Å². The summed E-state index contributed by atoms with van der Waals surface area (Å²) in [5.74, 6) is -0.958. The molecule has 0 radical (unpaired) electrons. The first-order valence-corrected chi connectivity index (χ1v) is 5.06. The molecule has 0 aliphatic rings. The third-order valence-corrected chi connectivity index (χ3v) is 2.24. The smallest absolute Gasteiger partial charge is 0.318 e. The van der Waals surface area contributed by atoms with Crippen LogP contribution in [-0.2, 0) is 4.79 Å². The first-order chi connectivity index (χ1) is 7.49. The number of carbonyl (C=O) groups is 2. The average molecular weight is 290 g/mol. The zero-order valence-corrected chi connectivity index (χ0v) is 9.67. The Labute approximate surface area is 99.3 Å². The fourth-order valence-corrected chi connectivity index (χ4v) is 1.35. The van der Waals surface area contributed by atoms with Crippen LogP contribution >= 0.6 is 15.9 Å². The number of benzene rings is 1. The third kappa shape index (κ3) is 3.85. The van der Waals surface area contributed by atoms with Gasteiger partial charge in [-0.05, 0) is 34.1 Å². The third-order valence-electron chi connectivity index (χ3n) is 1.64. The van der Waals surface area contributed by atoms with Gasteiger partial charge in [0.25, 0.3) is 0 Å². The molecule has 0 fully saturated rings. The predicted octanol–water partition coefficient (Wildman–Crippen LogP) is 1.20. The van der Waals surface area contributed by atoms with Crippen molar-refractivity contribution in [2.24, 2.45) is 5.73 Å². The number of primary amides is 1. The van der Waals surface area contributed by atoms with Gasteiger partial charge >= 0.3 is 6.03 Å². The molecule has 0 atom stereocenters. The van der Waals surface area contributed by atoms with Crippen molar-refractivity contribution >= 4 is 33.6 Å². The van der Waals surface area contributed by atoms with E-state index in [1.54, 1.807) is 0 Å². The van der Waals surface area contributed by atoms with Gasteiger partial charge in [0, 0.05) is 5.69 Å². The first-order valence-electron chi connectivity index (χ1n) is 4.27. The van der Waals surface area contributed by atoms with Crippen molar-refractivity contribution in [3.63, 3.8) is 0 Å². The summed E-state index contributed by atoms with van der Waals surface area (Å²) >= 11 is 3.00. The van der Waals surface area contributed by atoms with E-state index in [1.807, 2.05) is 5.32 Å². The maximum Gasteiger partial charge on any atom is 0.318 e. The van der Waals surface area contributed by atoms with Crippen molar-refractivity contribution in [1.82, 2.24) is 5.32 Å². The van der Waals surface area contributed by atoms with Crippen LogP contribution in [-0.4, -0.2) is 18.5 Å². The van der Waals surface area contributed by atoms with Gasteiger partial charge in [0.1, 0.15) is 5.82 Å². The molecule has 0 heterocycles. The molecule has 0 saturated heterocycles. The Hall–Kier alpha value is -1.63. The van der Waals surface area contributed by atoms with E-state index in [9.17, 15) is 14.0 Å².